The Hall–Kier alpha value is -0.0200. The van der Waals surface area contributed by atoms with E-state index < -0.39 is 6.10 Å². The molecule has 0 aliphatic rings. The first-order valence-corrected chi connectivity index (χ1v) is 3.87. The predicted octanol–water partition coefficient (Wildman–Crippen LogP) is 1.24. The zero-order chi connectivity index (χ0) is 8.15. The molecule has 3 heteroatoms. The van der Waals surface area contributed by atoms with Crippen LogP contribution in [0.3, 0.4) is 0 Å². The van der Waals surface area contributed by atoms with Crippen molar-refractivity contribution in [3.63, 3.8) is 0 Å². The molecule has 1 atom stereocenters. The highest BCUT2D eigenvalue weighted by molar-refractivity contribution is 7.96. The lowest BCUT2D eigenvalue weighted by Crippen LogP contribution is -2.12. The number of carbonyl (C=O) groups excluding carboxylic acids is 1. The predicted molar refractivity (Wildman–Crippen MR) is 44.1 cm³/mol. The van der Waals surface area contributed by atoms with Crippen LogP contribution in [0, 0.1) is 5.92 Å². The molecule has 0 radical (unpaired) electrons. The maximum Gasteiger partial charge on any atom is 0.188 e. The fourth-order valence-corrected chi connectivity index (χ4v) is 1.04. The van der Waals surface area contributed by atoms with Crippen LogP contribution < -0.4 is 0 Å². The molecule has 0 heterocycles. The molecule has 0 aromatic heterocycles. The number of rotatable bonds is 4. The monoisotopic (exact) mass is 162 g/mol. The van der Waals surface area contributed by atoms with E-state index in [1.807, 2.05) is 13.8 Å². The van der Waals surface area contributed by atoms with Crippen molar-refractivity contribution in [1.29, 1.82) is 0 Å². The van der Waals surface area contributed by atoms with Crippen molar-refractivity contribution in [2.75, 3.05) is 0 Å². The Morgan fingerprint density at radius 2 is 2.10 bits per heavy atom. The lowest BCUT2D eigenvalue weighted by Gasteiger charge is -2.09. The van der Waals surface area contributed by atoms with Gasteiger partial charge in [-0.15, -0.1) is 12.6 Å². The third-order valence-electron chi connectivity index (χ3n) is 1.15. The van der Waals surface area contributed by atoms with Crippen LogP contribution in [0.5, 0.6) is 0 Å². The summed E-state index contributed by atoms with van der Waals surface area (Å²) in [5.41, 5.74) is 0. The fourth-order valence-electron chi connectivity index (χ4n) is 0.829. The van der Waals surface area contributed by atoms with E-state index in [0.29, 0.717) is 12.3 Å². The fraction of sp³-hybridized carbons (Fsp3) is 0.857. The second kappa shape index (κ2) is 4.74. The summed E-state index contributed by atoms with van der Waals surface area (Å²) in [4.78, 5) is 10.3. The van der Waals surface area contributed by atoms with Crippen molar-refractivity contribution in [3.8, 4) is 0 Å². The van der Waals surface area contributed by atoms with E-state index in [0.717, 1.165) is 0 Å². The third-order valence-corrected chi connectivity index (χ3v) is 1.34. The number of aliphatic hydroxyl groups is 1. The molecule has 0 saturated carbocycles. The Morgan fingerprint density at radius 1 is 1.60 bits per heavy atom. The molecule has 0 bridgehead atoms. The van der Waals surface area contributed by atoms with Gasteiger partial charge < -0.3 is 5.11 Å². The van der Waals surface area contributed by atoms with Gasteiger partial charge in [-0.25, -0.2) is 0 Å². The average molecular weight is 162 g/mol. The Morgan fingerprint density at radius 3 is 2.40 bits per heavy atom. The molecule has 0 amide bonds. The summed E-state index contributed by atoms with van der Waals surface area (Å²) in [6.07, 6.45) is 0.332. The molecular weight excluding hydrogens is 148 g/mol. The molecule has 60 valence electrons. The standard InChI is InChI=1S/C7H14O2S/c1-5(2)3-6(8)4-7(9)10/h5-6,8H,3-4H2,1-2H3,(H,9,10). The summed E-state index contributed by atoms with van der Waals surface area (Å²) >= 11 is 3.56. The van der Waals surface area contributed by atoms with Crippen molar-refractivity contribution in [3.05, 3.63) is 0 Å². The lowest BCUT2D eigenvalue weighted by molar-refractivity contribution is -0.112. The Bertz CT molecular complexity index is 112. The van der Waals surface area contributed by atoms with Crippen LogP contribution >= 0.6 is 12.6 Å². The van der Waals surface area contributed by atoms with Crippen LogP contribution in [0.2, 0.25) is 0 Å². The van der Waals surface area contributed by atoms with Gasteiger partial charge in [-0.3, -0.25) is 4.79 Å². The van der Waals surface area contributed by atoms with E-state index in [1.165, 1.54) is 0 Å². The third kappa shape index (κ3) is 6.11. The summed E-state index contributed by atoms with van der Waals surface area (Å²) in [6, 6.07) is 0. The number of aliphatic hydroxyl groups excluding tert-OH is 1. The van der Waals surface area contributed by atoms with Gasteiger partial charge >= 0.3 is 0 Å². The SMILES string of the molecule is CC(C)CC(O)CC(=O)S. The van der Waals surface area contributed by atoms with Crippen molar-refractivity contribution >= 4 is 17.7 Å². The Labute approximate surface area is 67.0 Å². The molecule has 1 N–H and O–H groups in total. The van der Waals surface area contributed by atoms with Crippen molar-refractivity contribution < 1.29 is 9.90 Å². The van der Waals surface area contributed by atoms with Crippen LogP contribution in [0.15, 0.2) is 0 Å². The lowest BCUT2D eigenvalue weighted by atomic mass is 10.0. The Kier molecular flexibility index (Phi) is 4.73. The van der Waals surface area contributed by atoms with Gasteiger partial charge in [0.05, 0.1) is 6.10 Å². The highest BCUT2D eigenvalue weighted by atomic mass is 32.1. The zero-order valence-electron chi connectivity index (χ0n) is 6.37. The largest absolute Gasteiger partial charge is 0.393 e. The van der Waals surface area contributed by atoms with Crippen LogP contribution in [0.1, 0.15) is 26.7 Å². The quantitative estimate of drug-likeness (QED) is 0.610. The topological polar surface area (TPSA) is 37.3 Å². The van der Waals surface area contributed by atoms with E-state index in [1.54, 1.807) is 0 Å². The second-order valence-corrected chi connectivity index (χ2v) is 3.38. The first-order valence-electron chi connectivity index (χ1n) is 3.42. The minimum absolute atomic E-state index is 0.168. The minimum Gasteiger partial charge on any atom is -0.393 e. The highest BCUT2D eigenvalue weighted by Crippen LogP contribution is 2.08. The molecule has 0 aliphatic carbocycles. The summed E-state index contributed by atoms with van der Waals surface area (Å²) in [7, 11) is 0. The van der Waals surface area contributed by atoms with E-state index in [-0.39, 0.29) is 11.5 Å². The molecule has 0 aromatic carbocycles. The van der Waals surface area contributed by atoms with Gasteiger partial charge in [0.15, 0.2) is 5.12 Å². The smallest absolute Gasteiger partial charge is 0.188 e. The molecule has 0 fully saturated rings. The van der Waals surface area contributed by atoms with E-state index in [9.17, 15) is 4.79 Å². The number of hydrogen-bond donors (Lipinski definition) is 2. The van der Waals surface area contributed by atoms with E-state index in [4.69, 9.17) is 5.11 Å². The van der Waals surface area contributed by atoms with Gasteiger partial charge in [-0.05, 0) is 12.3 Å². The zero-order valence-corrected chi connectivity index (χ0v) is 7.27. The van der Waals surface area contributed by atoms with Crippen molar-refractivity contribution in [2.45, 2.75) is 32.8 Å². The molecule has 0 spiro atoms. The summed E-state index contributed by atoms with van der Waals surface area (Å²) in [5, 5.41) is 8.88. The molecule has 0 aromatic rings. The van der Waals surface area contributed by atoms with Crippen LogP contribution in [-0.4, -0.2) is 16.3 Å². The highest BCUT2D eigenvalue weighted by Gasteiger charge is 2.08. The second-order valence-electron chi connectivity index (χ2n) is 2.88. The number of hydrogen-bond acceptors (Lipinski definition) is 2. The van der Waals surface area contributed by atoms with Crippen molar-refractivity contribution in [2.24, 2.45) is 5.92 Å². The Balaban J connectivity index is 3.43. The van der Waals surface area contributed by atoms with Crippen LogP contribution in [0.25, 0.3) is 0 Å². The van der Waals surface area contributed by atoms with Gasteiger partial charge in [0, 0.05) is 6.42 Å². The number of carbonyl (C=O) groups is 1. The molecule has 10 heavy (non-hydrogen) atoms. The van der Waals surface area contributed by atoms with Gasteiger partial charge in [0.25, 0.3) is 0 Å². The maximum absolute atomic E-state index is 10.3. The van der Waals surface area contributed by atoms with Gasteiger partial charge in [0.1, 0.15) is 0 Å². The van der Waals surface area contributed by atoms with Crippen LogP contribution in [0.4, 0.5) is 0 Å². The minimum atomic E-state index is -0.509. The average Bonchev–Trinajstić information content (AvgIpc) is 1.58. The van der Waals surface area contributed by atoms with Gasteiger partial charge in [-0.1, -0.05) is 13.8 Å². The maximum atomic E-state index is 10.3. The summed E-state index contributed by atoms with van der Waals surface area (Å²) in [6.45, 7) is 4.01. The molecule has 0 saturated heterocycles. The van der Waals surface area contributed by atoms with E-state index in [2.05, 4.69) is 12.6 Å². The van der Waals surface area contributed by atoms with E-state index >= 15 is 0 Å². The van der Waals surface area contributed by atoms with Crippen LogP contribution in [-0.2, 0) is 4.79 Å². The van der Waals surface area contributed by atoms with Gasteiger partial charge in [-0.2, -0.15) is 0 Å². The molecular formula is C7H14O2S. The van der Waals surface area contributed by atoms with Gasteiger partial charge in [0.2, 0.25) is 0 Å². The molecule has 0 rings (SSSR count). The van der Waals surface area contributed by atoms with Crippen molar-refractivity contribution in [1.82, 2.24) is 0 Å². The molecule has 1 unspecified atom stereocenters. The summed E-state index contributed by atoms with van der Waals surface area (Å²) in [5.74, 6) is 0.433. The normalized spacial score (nSPS) is 13.7. The summed E-state index contributed by atoms with van der Waals surface area (Å²) < 4.78 is 0. The first kappa shape index (κ1) is 9.98. The molecule has 0 aliphatic heterocycles. The number of thiol groups is 1. The first-order chi connectivity index (χ1) is 4.52. The molecule has 2 nitrogen and oxygen atoms in total.